The molecule has 2 N–H and O–H groups in total. The number of hydrogen-bond acceptors (Lipinski definition) is 3. The minimum absolute atomic E-state index is 0.0147. The zero-order valence-corrected chi connectivity index (χ0v) is 12.8. The van der Waals surface area contributed by atoms with E-state index in [-0.39, 0.29) is 37.2 Å². The van der Waals surface area contributed by atoms with E-state index >= 15 is 0 Å². The second-order valence-electron chi connectivity index (χ2n) is 5.80. The van der Waals surface area contributed by atoms with Gasteiger partial charge in [0.15, 0.2) is 0 Å². The number of likely N-dealkylation sites (tertiary alicyclic amines) is 1. The third-order valence-electron chi connectivity index (χ3n) is 3.97. The fraction of sp³-hybridized carbons (Fsp3) is 0.438. The van der Waals surface area contributed by atoms with Crippen LogP contribution in [0.1, 0.15) is 12.5 Å². The molecule has 6 nitrogen and oxygen atoms in total. The first-order valence-corrected chi connectivity index (χ1v) is 7.38. The number of carboxylic acid groups (broad SMARTS) is 1. The summed E-state index contributed by atoms with van der Waals surface area (Å²) < 4.78 is 13.0. The summed E-state index contributed by atoms with van der Waals surface area (Å²) in [5.41, 5.74) is 0.524. The Morgan fingerprint density at radius 2 is 2.09 bits per heavy atom. The van der Waals surface area contributed by atoms with Crippen LogP contribution in [0.25, 0.3) is 0 Å². The summed E-state index contributed by atoms with van der Waals surface area (Å²) in [6.07, 6.45) is -0.0147. The molecule has 0 radical (unpaired) electrons. The molecule has 1 heterocycles. The van der Waals surface area contributed by atoms with Crippen LogP contribution in [0.15, 0.2) is 24.3 Å². The van der Waals surface area contributed by atoms with E-state index in [1.165, 1.54) is 23.1 Å². The Bertz CT molecular complexity index is 620. The lowest BCUT2D eigenvalue weighted by Gasteiger charge is -2.16. The van der Waals surface area contributed by atoms with Crippen LogP contribution in [-0.4, -0.2) is 47.4 Å². The van der Waals surface area contributed by atoms with Crippen LogP contribution >= 0.6 is 0 Å². The second-order valence-corrected chi connectivity index (χ2v) is 5.80. The third-order valence-corrected chi connectivity index (χ3v) is 3.97. The molecule has 2 atom stereocenters. The van der Waals surface area contributed by atoms with Crippen molar-refractivity contribution in [3.8, 4) is 0 Å². The molecule has 0 spiro atoms. The topological polar surface area (TPSA) is 86.7 Å². The van der Waals surface area contributed by atoms with E-state index < -0.39 is 17.7 Å². The Morgan fingerprint density at radius 3 is 2.70 bits per heavy atom. The molecule has 1 aromatic carbocycles. The van der Waals surface area contributed by atoms with E-state index in [4.69, 9.17) is 5.11 Å². The first kappa shape index (κ1) is 16.9. The fourth-order valence-corrected chi connectivity index (χ4v) is 2.67. The van der Waals surface area contributed by atoms with Gasteiger partial charge in [-0.05, 0) is 23.6 Å². The largest absolute Gasteiger partial charge is 0.481 e. The summed E-state index contributed by atoms with van der Waals surface area (Å²) in [7, 11) is 0. The zero-order chi connectivity index (χ0) is 17.0. The molecule has 2 rings (SSSR count). The Morgan fingerprint density at radius 1 is 1.35 bits per heavy atom. The standard InChI is InChI=1S/C16H19FN2O4/c1-10-8-19(9-13(10)16(22)23)15(21)7-18-14(20)6-11-3-2-4-12(17)5-11/h2-5,10,13H,6-9H2,1H3,(H,18,20)(H,22,23)/t10-,13-/m1/s1. The molecule has 7 heteroatoms. The van der Waals surface area contributed by atoms with Crippen LogP contribution < -0.4 is 5.32 Å². The lowest BCUT2D eigenvalue weighted by molar-refractivity contribution is -0.142. The van der Waals surface area contributed by atoms with Crippen molar-refractivity contribution in [2.75, 3.05) is 19.6 Å². The monoisotopic (exact) mass is 322 g/mol. The SMILES string of the molecule is C[C@@H]1CN(C(=O)CNC(=O)Cc2cccc(F)c2)C[C@H]1C(=O)O. The lowest BCUT2D eigenvalue weighted by Crippen LogP contribution is -2.40. The molecule has 124 valence electrons. The molecular weight excluding hydrogens is 303 g/mol. The van der Waals surface area contributed by atoms with E-state index in [2.05, 4.69) is 5.32 Å². The van der Waals surface area contributed by atoms with Gasteiger partial charge in [0.1, 0.15) is 5.82 Å². The zero-order valence-electron chi connectivity index (χ0n) is 12.8. The fourth-order valence-electron chi connectivity index (χ4n) is 2.67. The van der Waals surface area contributed by atoms with Gasteiger partial charge >= 0.3 is 5.97 Å². The number of nitrogens with one attached hydrogen (secondary N) is 1. The molecular formula is C16H19FN2O4. The second kappa shape index (κ2) is 7.21. The number of carboxylic acids is 1. The van der Waals surface area contributed by atoms with Gasteiger partial charge in [-0.3, -0.25) is 14.4 Å². The Kier molecular flexibility index (Phi) is 5.31. The molecule has 2 amide bonds. The van der Waals surface area contributed by atoms with E-state index in [0.29, 0.717) is 12.1 Å². The van der Waals surface area contributed by atoms with Gasteiger partial charge in [-0.1, -0.05) is 19.1 Å². The highest BCUT2D eigenvalue weighted by Crippen LogP contribution is 2.22. The smallest absolute Gasteiger partial charge is 0.308 e. The average Bonchev–Trinajstić information content (AvgIpc) is 2.87. The van der Waals surface area contributed by atoms with Crippen molar-refractivity contribution in [2.45, 2.75) is 13.3 Å². The highest BCUT2D eigenvalue weighted by atomic mass is 19.1. The maximum absolute atomic E-state index is 13.0. The Hall–Kier alpha value is -2.44. The molecule has 23 heavy (non-hydrogen) atoms. The number of carbonyl (C=O) groups excluding carboxylic acids is 2. The van der Waals surface area contributed by atoms with Gasteiger partial charge in [0.05, 0.1) is 18.9 Å². The molecule has 0 aliphatic carbocycles. The number of amides is 2. The van der Waals surface area contributed by atoms with Crippen LogP contribution in [0.2, 0.25) is 0 Å². The molecule has 1 fully saturated rings. The molecule has 1 saturated heterocycles. The molecule has 0 unspecified atom stereocenters. The minimum Gasteiger partial charge on any atom is -0.481 e. The van der Waals surface area contributed by atoms with Crippen molar-refractivity contribution in [2.24, 2.45) is 11.8 Å². The molecule has 1 aromatic rings. The van der Waals surface area contributed by atoms with Crippen molar-refractivity contribution >= 4 is 17.8 Å². The summed E-state index contributed by atoms with van der Waals surface area (Å²) in [6.45, 7) is 2.13. The molecule has 1 aliphatic rings. The number of benzene rings is 1. The van der Waals surface area contributed by atoms with Crippen molar-refractivity contribution in [3.05, 3.63) is 35.6 Å². The molecule has 0 saturated carbocycles. The van der Waals surface area contributed by atoms with Gasteiger partial charge in [-0.2, -0.15) is 0 Å². The minimum atomic E-state index is -0.914. The van der Waals surface area contributed by atoms with Gasteiger partial charge in [0.2, 0.25) is 11.8 Å². The average molecular weight is 322 g/mol. The van der Waals surface area contributed by atoms with Crippen LogP contribution in [0, 0.1) is 17.7 Å². The third kappa shape index (κ3) is 4.51. The first-order chi connectivity index (χ1) is 10.9. The quantitative estimate of drug-likeness (QED) is 0.834. The normalized spacial score (nSPS) is 20.3. The van der Waals surface area contributed by atoms with E-state index in [9.17, 15) is 18.8 Å². The van der Waals surface area contributed by atoms with Crippen LogP contribution in [0.5, 0.6) is 0 Å². The molecule has 0 bridgehead atoms. The maximum Gasteiger partial charge on any atom is 0.308 e. The summed E-state index contributed by atoms with van der Waals surface area (Å²) in [5, 5.41) is 11.5. The number of hydrogen-bond donors (Lipinski definition) is 2. The van der Waals surface area contributed by atoms with Crippen molar-refractivity contribution in [1.29, 1.82) is 0 Å². The Labute approximate surface area is 133 Å². The van der Waals surface area contributed by atoms with Gasteiger partial charge in [-0.25, -0.2) is 4.39 Å². The van der Waals surface area contributed by atoms with Gasteiger partial charge in [-0.15, -0.1) is 0 Å². The summed E-state index contributed by atoms with van der Waals surface area (Å²) >= 11 is 0. The van der Waals surface area contributed by atoms with E-state index in [0.717, 1.165) is 0 Å². The predicted octanol–water partition coefficient (Wildman–Crippen LogP) is 0.663. The van der Waals surface area contributed by atoms with Gasteiger partial charge in [0, 0.05) is 13.1 Å². The number of aliphatic carboxylic acids is 1. The van der Waals surface area contributed by atoms with Crippen LogP contribution in [0.4, 0.5) is 4.39 Å². The number of rotatable bonds is 5. The van der Waals surface area contributed by atoms with Gasteiger partial charge < -0.3 is 15.3 Å². The first-order valence-electron chi connectivity index (χ1n) is 7.38. The Balaban J connectivity index is 1.80. The summed E-state index contributed by atoms with van der Waals surface area (Å²) in [5.74, 6) is -2.71. The number of carbonyl (C=O) groups is 3. The highest BCUT2D eigenvalue weighted by molar-refractivity contribution is 5.86. The van der Waals surface area contributed by atoms with Crippen molar-refractivity contribution < 1.29 is 23.9 Å². The van der Waals surface area contributed by atoms with Crippen molar-refractivity contribution in [3.63, 3.8) is 0 Å². The van der Waals surface area contributed by atoms with E-state index in [1.807, 2.05) is 0 Å². The van der Waals surface area contributed by atoms with Crippen LogP contribution in [0.3, 0.4) is 0 Å². The van der Waals surface area contributed by atoms with E-state index in [1.54, 1.807) is 13.0 Å². The molecule has 0 aromatic heterocycles. The van der Waals surface area contributed by atoms with Gasteiger partial charge in [0.25, 0.3) is 0 Å². The van der Waals surface area contributed by atoms with Crippen LogP contribution in [-0.2, 0) is 20.8 Å². The summed E-state index contributed by atoms with van der Waals surface area (Å²) in [6, 6.07) is 5.70. The maximum atomic E-state index is 13.0. The summed E-state index contributed by atoms with van der Waals surface area (Å²) in [4.78, 5) is 36.3. The highest BCUT2D eigenvalue weighted by Gasteiger charge is 2.36. The van der Waals surface area contributed by atoms with Crippen molar-refractivity contribution in [1.82, 2.24) is 10.2 Å². The number of halogens is 1. The molecule has 1 aliphatic heterocycles. The lowest BCUT2D eigenvalue weighted by atomic mass is 9.99. The predicted molar refractivity (Wildman–Crippen MR) is 80.0 cm³/mol. The number of nitrogens with zero attached hydrogens (tertiary/aromatic N) is 1.